The van der Waals surface area contributed by atoms with Crippen molar-refractivity contribution < 1.29 is 19.7 Å². The molecule has 11 heteroatoms. The lowest BCUT2D eigenvalue weighted by Gasteiger charge is -2.38. The van der Waals surface area contributed by atoms with E-state index in [1.165, 1.54) is 12.7 Å². The third-order valence-electron chi connectivity index (χ3n) is 5.72. The maximum atomic E-state index is 12.7. The van der Waals surface area contributed by atoms with Gasteiger partial charge in [0.15, 0.2) is 11.5 Å². The van der Waals surface area contributed by atoms with Crippen LogP contribution in [0.2, 0.25) is 0 Å². The van der Waals surface area contributed by atoms with Gasteiger partial charge in [-0.05, 0) is 50.1 Å². The summed E-state index contributed by atoms with van der Waals surface area (Å²) in [5, 5.41) is 24.3. The van der Waals surface area contributed by atoms with Crippen LogP contribution in [-0.4, -0.2) is 67.0 Å². The topological polar surface area (TPSA) is 174 Å². The van der Waals surface area contributed by atoms with E-state index >= 15 is 0 Å². The number of hydrogen-bond acceptors (Lipinski definition) is 9. The van der Waals surface area contributed by atoms with E-state index < -0.39 is 24.3 Å². The first kappa shape index (κ1) is 21.9. The molecule has 0 radical (unpaired) electrons. The van der Waals surface area contributed by atoms with Crippen molar-refractivity contribution in [3.8, 4) is 5.75 Å². The molecule has 32 heavy (non-hydrogen) atoms. The van der Waals surface area contributed by atoms with E-state index in [4.69, 9.17) is 16.2 Å². The van der Waals surface area contributed by atoms with Crippen molar-refractivity contribution in [2.24, 2.45) is 5.73 Å². The minimum Gasteiger partial charge on any atom is -0.494 e. The first-order valence-electron chi connectivity index (χ1n) is 10.5. The number of imidazole rings is 1. The molecular weight excluding hydrogens is 414 g/mol. The van der Waals surface area contributed by atoms with Crippen LogP contribution in [0.15, 0.2) is 36.9 Å². The highest BCUT2D eigenvalue weighted by molar-refractivity contribution is 5.94. The molecule has 1 fully saturated rings. The van der Waals surface area contributed by atoms with Gasteiger partial charge in [-0.2, -0.15) is 0 Å². The van der Waals surface area contributed by atoms with Crippen LogP contribution in [0.1, 0.15) is 35.7 Å². The normalized spacial score (nSPS) is 23.2. The Kier molecular flexibility index (Phi) is 6.49. The third-order valence-corrected chi connectivity index (χ3v) is 5.72. The van der Waals surface area contributed by atoms with Gasteiger partial charge in [0, 0.05) is 5.56 Å². The molecular formula is C21H27N7O4. The van der Waals surface area contributed by atoms with Crippen molar-refractivity contribution in [3.63, 3.8) is 0 Å². The Labute approximate surface area is 184 Å². The maximum Gasteiger partial charge on any atom is 0.251 e. The Morgan fingerprint density at radius 1 is 1.16 bits per heavy atom. The molecule has 7 N–H and O–H groups in total. The average Bonchev–Trinajstić information content (AvgIpc) is 3.23. The molecule has 2 aromatic heterocycles. The van der Waals surface area contributed by atoms with Crippen LogP contribution in [0, 0.1) is 0 Å². The van der Waals surface area contributed by atoms with E-state index in [1.54, 1.807) is 28.8 Å². The van der Waals surface area contributed by atoms with Crippen LogP contribution >= 0.6 is 0 Å². The van der Waals surface area contributed by atoms with E-state index in [0.717, 1.165) is 6.42 Å². The highest BCUT2D eigenvalue weighted by Gasteiger charge is 2.39. The maximum absolute atomic E-state index is 12.7. The number of anilines is 1. The Balaban J connectivity index is 1.40. The van der Waals surface area contributed by atoms with Gasteiger partial charge in [-0.3, -0.25) is 4.79 Å². The molecule has 4 atom stereocenters. The second-order valence-electron chi connectivity index (χ2n) is 7.80. The van der Waals surface area contributed by atoms with E-state index in [1.807, 2.05) is 0 Å². The number of fused-ring (bicyclic) bond motifs is 1. The quantitative estimate of drug-likeness (QED) is 0.316. The van der Waals surface area contributed by atoms with E-state index in [-0.39, 0.29) is 11.7 Å². The molecule has 11 nitrogen and oxygen atoms in total. The number of nitrogen functional groups attached to an aromatic ring is 1. The highest BCUT2D eigenvalue weighted by Crippen LogP contribution is 2.32. The Hall–Kier alpha value is -3.28. The molecule has 2 heterocycles. The fraction of sp³-hybridized carbons (Fsp3) is 0.429. The lowest BCUT2D eigenvalue weighted by molar-refractivity contribution is -0.0552. The third kappa shape index (κ3) is 4.35. The van der Waals surface area contributed by atoms with Crippen molar-refractivity contribution in [2.45, 2.75) is 43.6 Å². The highest BCUT2D eigenvalue weighted by atomic mass is 16.5. The number of nitrogens with zero attached hydrogens (tertiary/aromatic N) is 4. The van der Waals surface area contributed by atoms with Gasteiger partial charge in [-0.1, -0.05) is 0 Å². The van der Waals surface area contributed by atoms with Crippen molar-refractivity contribution in [1.29, 1.82) is 0 Å². The number of nitrogens with one attached hydrogen (secondary N) is 1. The van der Waals surface area contributed by atoms with E-state index in [2.05, 4.69) is 20.3 Å². The van der Waals surface area contributed by atoms with Crippen LogP contribution in [0.25, 0.3) is 11.2 Å². The summed E-state index contributed by atoms with van der Waals surface area (Å²) in [5.74, 6) is 0.574. The number of aliphatic hydroxyl groups is 2. The molecule has 0 saturated heterocycles. The van der Waals surface area contributed by atoms with Crippen LogP contribution in [0.3, 0.4) is 0 Å². The summed E-state index contributed by atoms with van der Waals surface area (Å²) >= 11 is 0. The molecule has 0 spiro atoms. The van der Waals surface area contributed by atoms with Crippen molar-refractivity contribution in [1.82, 2.24) is 24.8 Å². The molecule has 1 saturated carbocycles. The number of aliphatic hydroxyl groups excluding tert-OH is 2. The molecule has 170 valence electrons. The molecule has 1 aliphatic rings. The van der Waals surface area contributed by atoms with Gasteiger partial charge in [0.2, 0.25) is 0 Å². The van der Waals surface area contributed by atoms with E-state index in [9.17, 15) is 15.0 Å². The summed E-state index contributed by atoms with van der Waals surface area (Å²) in [6, 6.07) is 5.69. The number of rotatable bonds is 7. The standard InChI is InChI=1S/C21H27N7O4/c22-8-1-9-32-13-4-2-12(3-5-13)21(31)27-14-6-7-15(18(30)17(14)29)28-11-26-16-19(23)24-10-25-20(16)28/h2-5,10-11,14-15,17-18,29-30H,1,6-9,22H2,(H,27,31)(H2,23,24,25)/t14-,15-,17-,18-/m1/s1. The number of benzene rings is 1. The molecule has 1 amide bonds. The van der Waals surface area contributed by atoms with E-state index in [0.29, 0.717) is 48.5 Å². The summed E-state index contributed by atoms with van der Waals surface area (Å²) in [4.78, 5) is 25.0. The predicted molar refractivity (Wildman–Crippen MR) is 117 cm³/mol. The number of carbonyl (C=O) groups is 1. The fourth-order valence-corrected chi connectivity index (χ4v) is 3.96. The monoisotopic (exact) mass is 441 g/mol. The molecule has 3 aromatic rings. The van der Waals surface area contributed by atoms with Crippen molar-refractivity contribution in [2.75, 3.05) is 18.9 Å². The van der Waals surface area contributed by atoms with Gasteiger partial charge < -0.3 is 36.3 Å². The lowest BCUT2D eigenvalue weighted by Crippen LogP contribution is -2.54. The Morgan fingerprint density at radius 2 is 1.94 bits per heavy atom. The van der Waals surface area contributed by atoms with Crippen LogP contribution in [0.4, 0.5) is 5.82 Å². The Morgan fingerprint density at radius 3 is 2.69 bits per heavy atom. The Bertz CT molecular complexity index is 1070. The summed E-state index contributed by atoms with van der Waals surface area (Å²) in [5.41, 5.74) is 12.7. The molecule has 4 rings (SSSR count). The lowest BCUT2D eigenvalue weighted by atomic mass is 9.85. The number of hydrogen-bond donors (Lipinski definition) is 5. The van der Waals surface area contributed by atoms with Gasteiger partial charge in [0.05, 0.1) is 25.0 Å². The second kappa shape index (κ2) is 9.47. The molecule has 0 bridgehead atoms. The minimum absolute atomic E-state index is 0.250. The summed E-state index contributed by atoms with van der Waals surface area (Å²) < 4.78 is 7.24. The molecule has 0 unspecified atom stereocenters. The van der Waals surface area contributed by atoms with Crippen molar-refractivity contribution >= 4 is 22.9 Å². The number of aromatic nitrogens is 4. The molecule has 0 aliphatic heterocycles. The van der Waals surface area contributed by atoms with Gasteiger partial charge in [0.25, 0.3) is 5.91 Å². The zero-order valence-electron chi connectivity index (χ0n) is 17.5. The van der Waals surface area contributed by atoms with Gasteiger partial charge in [-0.25, -0.2) is 15.0 Å². The zero-order valence-corrected chi connectivity index (χ0v) is 17.5. The minimum atomic E-state index is -1.16. The molecule has 1 aromatic carbocycles. The number of amides is 1. The predicted octanol–water partition coefficient (Wildman–Crippen LogP) is -0.00860. The smallest absolute Gasteiger partial charge is 0.251 e. The summed E-state index contributed by atoms with van der Waals surface area (Å²) in [7, 11) is 0. The van der Waals surface area contributed by atoms with Gasteiger partial charge >= 0.3 is 0 Å². The molecule has 1 aliphatic carbocycles. The number of carbonyl (C=O) groups excluding carboxylic acids is 1. The van der Waals surface area contributed by atoms with Gasteiger partial charge in [0.1, 0.15) is 29.8 Å². The second-order valence-corrected chi connectivity index (χ2v) is 7.80. The zero-order chi connectivity index (χ0) is 22.7. The van der Waals surface area contributed by atoms with Crippen LogP contribution in [0.5, 0.6) is 5.75 Å². The number of ether oxygens (including phenoxy) is 1. The van der Waals surface area contributed by atoms with Crippen LogP contribution < -0.4 is 21.5 Å². The fourth-order valence-electron chi connectivity index (χ4n) is 3.96. The van der Waals surface area contributed by atoms with Gasteiger partial charge in [-0.15, -0.1) is 0 Å². The van der Waals surface area contributed by atoms with Crippen molar-refractivity contribution in [3.05, 3.63) is 42.5 Å². The number of nitrogens with two attached hydrogens (primary N) is 2. The SMILES string of the molecule is NCCCOc1ccc(C(=O)N[C@@H]2CC[C@@H](n3cnc4c(N)ncnc43)[C@@H](O)[C@@H]2O)cc1. The summed E-state index contributed by atoms with van der Waals surface area (Å²) in [6.45, 7) is 1.07. The first-order chi connectivity index (χ1) is 15.5. The average molecular weight is 441 g/mol. The van der Waals surface area contributed by atoms with Crippen LogP contribution in [-0.2, 0) is 0 Å². The summed E-state index contributed by atoms with van der Waals surface area (Å²) in [6.07, 6.45) is 2.31. The largest absolute Gasteiger partial charge is 0.494 e. The first-order valence-corrected chi connectivity index (χ1v) is 10.5.